The van der Waals surface area contributed by atoms with Crippen molar-refractivity contribution in [1.29, 1.82) is 0 Å². The van der Waals surface area contributed by atoms with Gasteiger partial charge >= 0.3 is 36.4 Å². The molecule has 0 spiro atoms. The molecule has 0 aromatic rings. The molecule has 0 radical (unpaired) electrons. The third-order valence-corrected chi connectivity index (χ3v) is 13.6. The molecule has 236 valence electrons. The van der Waals surface area contributed by atoms with Gasteiger partial charge in [0.05, 0.1) is 13.1 Å². The van der Waals surface area contributed by atoms with Crippen molar-refractivity contribution >= 4 is 36.4 Å². The molecule has 0 saturated carbocycles. The van der Waals surface area contributed by atoms with Gasteiger partial charge in [-0.15, -0.1) is 0 Å². The first-order chi connectivity index (χ1) is 17.6. The van der Waals surface area contributed by atoms with E-state index in [1.54, 1.807) is 0 Å². The maximum Gasteiger partial charge on any atom is 0.395 e. The minimum absolute atomic E-state index is 0.118. The van der Waals surface area contributed by atoms with Crippen LogP contribution in [0.2, 0.25) is 0 Å². The molecule has 0 aromatic carbocycles. The van der Waals surface area contributed by atoms with E-state index in [-0.39, 0.29) is 12.8 Å². The van der Waals surface area contributed by atoms with Crippen LogP contribution in [0.1, 0.15) is 84.5 Å². The van der Waals surface area contributed by atoms with E-state index >= 15 is 0 Å². The predicted molar refractivity (Wildman–Crippen MR) is 145 cm³/mol. The molecule has 0 bridgehead atoms. The lowest BCUT2D eigenvalue weighted by Gasteiger charge is -2.48. The molecule has 20 heteroatoms. The van der Waals surface area contributed by atoms with Crippen LogP contribution >= 0.6 is 30.4 Å². The minimum atomic E-state index is -5.75. The molecule has 0 rings (SSSR count). The van der Waals surface area contributed by atoms with Crippen LogP contribution in [-0.2, 0) is 23.1 Å². The summed E-state index contributed by atoms with van der Waals surface area (Å²) in [6.45, 7) is 2.18. The molecule has 0 aliphatic heterocycles. The molecule has 0 unspecified atom stereocenters. The van der Waals surface area contributed by atoms with Gasteiger partial charge in [0, 0.05) is 6.42 Å². The highest BCUT2D eigenvalue weighted by atomic mass is 31.2. The Labute approximate surface area is 229 Å². The molecule has 0 atom stereocenters. The summed E-state index contributed by atoms with van der Waals surface area (Å²) in [6, 6.07) is 0. The Balaban J connectivity index is 0. The summed E-state index contributed by atoms with van der Waals surface area (Å²) in [5.41, 5.74) is -0.664. The normalized spacial score (nSPS) is 13.5. The number of aliphatic carboxylic acids is 1. The van der Waals surface area contributed by atoms with Gasteiger partial charge in [-0.3, -0.25) is 27.5 Å². The van der Waals surface area contributed by atoms with E-state index in [0.29, 0.717) is 6.42 Å². The monoisotopic (exact) mass is 651 g/mol. The second-order valence-electron chi connectivity index (χ2n) is 9.36. The number of hydrogen-bond acceptors (Lipinski definition) is 6. The van der Waals surface area contributed by atoms with Gasteiger partial charge in [-0.2, -0.15) is 0 Å². The summed E-state index contributed by atoms with van der Waals surface area (Å²) < 4.78 is 45.5. The van der Waals surface area contributed by atoms with Crippen LogP contribution in [0.3, 0.4) is 0 Å². The van der Waals surface area contributed by atoms with Gasteiger partial charge in [-0.25, -0.2) is 0 Å². The third-order valence-electron chi connectivity index (χ3n) is 5.75. The second-order valence-corrected chi connectivity index (χ2v) is 16.8. The fourth-order valence-electron chi connectivity index (χ4n) is 4.60. The Hall–Kier alpha value is -0.0100. The minimum Gasteiger partial charge on any atom is -0.481 e. The topological polar surface area (TPSA) is 293 Å². The highest BCUT2D eigenvalue weighted by molar-refractivity contribution is 7.72. The van der Waals surface area contributed by atoms with E-state index in [0.717, 1.165) is 25.8 Å². The van der Waals surface area contributed by atoms with Gasteiger partial charge in [0.25, 0.3) is 11.0 Å². The Morgan fingerprint density at radius 3 is 1.13 bits per heavy atom. The fraction of sp³-hybridized carbons (Fsp3) is 0.947. The van der Waals surface area contributed by atoms with Gasteiger partial charge in [0.1, 0.15) is 0 Å². The zero-order chi connectivity index (χ0) is 31.1. The maximum absolute atomic E-state index is 11.8. The van der Waals surface area contributed by atoms with Crippen LogP contribution in [0.25, 0.3) is 0 Å². The number of carboxylic acids is 1. The first-order valence-electron chi connectivity index (χ1n) is 12.6. The lowest BCUT2D eigenvalue weighted by Crippen LogP contribution is -2.61. The van der Waals surface area contributed by atoms with Crippen molar-refractivity contribution in [2.75, 3.05) is 19.6 Å². The molecule has 11 N–H and O–H groups in total. The molecule has 0 heterocycles. The van der Waals surface area contributed by atoms with Crippen molar-refractivity contribution in [1.82, 2.24) is 0 Å². The van der Waals surface area contributed by atoms with E-state index < -0.39 is 65.0 Å². The lowest BCUT2D eigenvalue weighted by molar-refractivity contribution is -0.930. The van der Waals surface area contributed by atoms with Crippen molar-refractivity contribution in [3.8, 4) is 0 Å². The van der Waals surface area contributed by atoms with E-state index in [9.17, 15) is 62.2 Å². The van der Waals surface area contributed by atoms with Gasteiger partial charge in [-0.05, 0) is 32.2 Å². The van der Waals surface area contributed by atoms with Gasteiger partial charge in [0.2, 0.25) is 0 Å². The summed E-state index contributed by atoms with van der Waals surface area (Å²) in [4.78, 5) is 86.0. The smallest absolute Gasteiger partial charge is 0.395 e. The quantitative estimate of drug-likeness (QED) is 0.0514. The van der Waals surface area contributed by atoms with E-state index in [2.05, 4.69) is 0 Å². The first kappa shape index (κ1) is 41.1. The van der Waals surface area contributed by atoms with Crippen LogP contribution < -0.4 is 5.73 Å². The lowest BCUT2D eigenvalue weighted by atomic mass is 10.1. The number of carbonyl (C=O) groups is 1. The van der Waals surface area contributed by atoms with Crippen molar-refractivity contribution in [3.05, 3.63) is 0 Å². The average Bonchev–Trinajstić information content (AvgIpc) is 2.68. The maximum atomic E-state index is 11.8. The molecule has 0 saturated heterocycles. The highest BCUT2D eigenvalue weighted by Crippen LogP contribution is 2.72. The SMILES string of the molecule is CCC[N+](CCC)(C(P(=O)(O)O)P(=O)(O)O)C(P(=O)(O)O)P(=O)(O)O.NCCCCCCCCCCC(=O)O. The molecule has 0 aromatic heterocycles. The van der Waals surface area contributed by atoms with E-state index in [1.807, 2.05) is 0 Å². The van der Waals surface area contributed by atoms with Gasteiger partial charge in [0.15, 0.2) is 0 Å². The van der Waals surface area contributed by atoms with Crippen molar-refractivity contribution < 1.29 is 71.8 Å². The summed E-state index contributed by atoms with van der Waals surface area (Å²) in [5, 5.41) is 8.40. The van der Waals surface area contributed by atoms with Crippen LogP contribution in [0.4, 0.5) is 0 Å². The number of nitrogens with zero attached hydrogens (tertiary/aromatic N) is 1. The Morgan fingerprint density at radius 2 is 0.897 bits per heavy atom. The van der Waals surface area contributed by atoms with Crippen LogP contribution in [0, 0.1) is 0 Å². The number of hydrogen-bond donors (Lipinski definition) is 10. The van der Waals surface area contributed by atoms with Gasteiger partial charge < -0.3 is 50.0 Å². The summed E-state index contributed by atoms with van der Waals surface area (Å²) >= 11 is 0. The number of unbranched alkanes of at least 4 members (excludes halogenated alkanes) is 7. The van der Waals surface area contributed by atoms with Crippen molar-refractivity contribution in [3.63, 3.8) is 0 Å². The number of nitrogens with two attached hydrogens (primary N) is 1. The molecule has 39 heavy (non-hydrogen) atoms. The zero-order valence-electron chi connectivity index (χ0n) is 22.4. The average molecular weight is 651 g/mol. The molecule has 0 amide bonds. The van der Waals surface area contributed by atoms with Crippen molar-refractivity contribution in [2.24, 2.45) is 5.73 Å². The predicted octanol–water partition coefficient (Wildman–Crippen LogP) is 2.44. The summed E-state index contributed by atoms with van der Waals surface area (Å²) in [6.07, 6.45) is 9.32. The Kier molecular flexibility index (Phi) is 19.5. The highest BCUT2D eigenvalue weighted by Gasteiger charge is 2.68. The van der Waals surface area contributed by atoms with Gasteiger partial charge in [-0.1, -0.05) is 52.4 Å². The summed E-state index contributed by atoms with van der Waals surface area (Å²) in [5.74, 6) is -0.673. The zero-order valence-corrected chi connectivity index (χ0v) is 26.0. The number of carboxylic acid groups (broad SMARTS) is 1. The molecule has 0 aliphatic carbocycles. The van der Waals surface area contributed by atoms with Crippen LogP contribution in [0.5, 0.6) is 0 Å². The molecule has 0 fully saturated rings. The van der Waals surface area contributed by atoms with Crippen LogP contribution in [0.15, 0.2) is 0 Å². The number of quaternary nitrogens is 1. The Morgan fingerprint density at radius 1 is 0.615 bits per heavy atom. The molecular weight excluding hydrogens is 604 g/mol. The van der Waals surface area contributed by atoms with Crippen molar-refractivity contribution in [2.45, 2.75) is 95.5 Å². The first-order valence-corrected chi connectivity index (χ1v) is 19.3. The van der Waals surface area contributed by atoms with E-state index in [1.165, 1.54) is 46.0 Å². The van der Waals surface area contributed by atoms with E-state index in [4.69, 9.17) is 10.8 Å². The standard InChI is InChI=1S/C11H23NO2.C8H23NO12P4/c12-10-8-6-4-2-1-3-5-7-9-11(13)14;1-3-5-9(6-4-2,7(22(10,11)12)23(13,14)15)8(24(16,17)18)25(19,20)21/h1-10,12H2,(H,13,14);7-8H,3-6H2,1-2H3,(H7-,10,11,12,13,14,15,16,17,18,19,20,21)/p+1. The number of rotatable bonds is 20. The second kappa shape index (κ2) is 18.5. The Bertz CT molecular complexity index is 797. The fourth-order valence-corrected chi connectivity index (χ4v) is 12.0. The largest absolute Gasteiger partial charge is 0.481 e. The molecule has 0 aliphatic rings. The molecule has 16 nitrogen and oxygen atoms in total. The molecular formula is C19H47N2O14P4+. The van der Waals surface area contributed by atoms with Crippen LogP contribution in [-0.4, -0.2) is 85.4 Å². The third kappa shape index (κ3) is 16.3. The summed E-state index contributed by atoms with van der Waals surface area (Å²) in [7, 11) is -23.0.